The topological polar surface area (TPSA) is 59.0 Å². The molecule has 0 saturated carbocycles. The van der Waals surface area contributed by atoms with Crippen molar-refractivity contribution in [2.24, 2.45) is 5.92 Å². The van der Waals surface area contributed by atoms with E-state index in [0.29, 0.717) is 5.92 Å². The van der Waals surface area contributed by atoms with Crippen molar-refractivity contribution in [3.63, 3.8) is 0 Å². The zero-order valence-corrected chi connectivity index (χ0v) is 11.0. The van der Waals surface area contributed by atoms with Crippen LogP contribution in [-0.2, 0) is 11.3 Å². The van der Waals surface area contributed by atoms with Crippen LogP contribution >= 0.6 is 0 Å². The van der Waals surface area contributed by atoms with Crippen LogP contribution in [0.4, 0.5) is 0 Å². The van der Waals surface area contributed by atoms with Gasteiger partial charge in [0.25, 0.3) is 0 Å². The van der Waals surface area contributed by atoms with Crippen LogP contribution in [0.15, 0.2) is 12.5 Å². The summed E-state index contributed by atoms with van der Waals surface area (Å²) in [5, 5.41) is 5.99. The van der Waals surface area contributed by atoms with Gasteiger partial charge < -0.3 is 15.2 Å². The number of amides is 1. The molecule has 0 aromatic carbocycles. The largest absolute Gasteiger partial charge is 0.357 e. The third-order valence-electron chi connectivity index (χ3n) is 2.65. The summed E-state index contributed by atoms with van der Waals surface area (Å²) >= 11 is 0. The minimum atomic E-state index is -0.224. The van der Waals surface area contributed by atoms with E-state index in [1.54, 1.807) is 19.6 Å². The van der Waals surface area contributed by atoms with Gasteiger partial charge in [-0.05, 0) is 19.4 Å². The highest BCUT2D eigenvalue weighted by atomic mass is 16.2. The molecule has 1 amide bonds. The van der Waals surface area contributed by atoms with E-state index in [1.165, 1.54) is 0 Å². The van der Waals surface area contributed by atoms with E-state index in [1.807, 2.05) is 11.5 Å². The molecule has 0 bridgehead atoms. The first kappa shape index (κ1) is 13.7. The molecule has 0 saturated heterocycles. The summed E-state index contributed by atoms with van der Waals surface area (Å²) in [7, 11) is 1.65. The Morgan fingerprint density at radius 1 is 1.47 bits per heavy atom. The minimum absolute atomic E-state index is 0.00638. The molecule has 0 aliphatic carbocycles. The number of imidazole rings is 1. The Hall–Kier alpha value is -1.36. The first-order valence-corrected chi connectivity index (χ1v) is 5.99. The van der Waals surface area contributed by atoms with Gasteiger partial charge in [0.1, 0.15) is 6.04 Å². The normalized spacial score (nSPS) is 12.8. The highest BCUT2D eigenvalue weighted by molar-refractivity contribution is 5.79. The first-order valence-electron chi connectivity index (χ1n) is 5.99. The Labute approximate surface area is 103 Å². The SMILES string of the molecule is CNC(=O)C(C)n1cncc1CNCC(C)C. The molecule has 2 N–H and O–H groups in total. The lowest BCUT2D eigenvalue weighted by atomic mass is 10.2. The molecule has 0 aliphatic rings. The number of carbonyl (C=O) groups is 1. The molecule has 17 heavy (non-hydrogen) atoms. The zero-order valence-electron chi connectivity index (χ0n) is 11.0. The fraction of sp³-hybridized carbons (Fsp3) is 0.667. The lowest BCUT2D eigenvalue weighted by Crippen LogP contribution is -2.29. The van der Waals surface area contributed by atoms with Gasteiger partial charge in [-0.1, -0.05) is 13.8 Å². The Bertz CT molecular complexity index is 359. The minimum Gasteiger partial charge on any atom is -0.357 e. The summed E-state index contributed by atoms with van der Waals surface area (Å²) in [6, 6.07) is -0.224. The highest BCUT2D eigenvalue weighted by Crippen LogP contribution is 2.09. The maximum atomic E-state index is 11.6. The molecule has 5 nitrogen and oxygen atoms in total. The van der Waals surface area contributed by atoms with Crippen molar-refractivity contribution in [1.82, 2.24) is 20.2 Å². The second-order valence-corrected chi connectivity index (χ2v) is 4.61. The van der Waals surface area contributed by atoms with Gasteiger partial charge in [0.05, 0.1) is 12.0 Å². The Balaban J connectivity index is 2.62. The van der Waals surface area contributed by atoms with E-state index >= 15 is 0 Å². The number of hydrogen-bond acceptors (Lipinski definition) is 3. The molecule has 0 aliphatic heterocycles. The summed E-state index contributed by atoms with van der Waals surface area (Å²) in [6.07, 6.45) is 3.50. The van der Waals surface area contributed by atoms with Crippen LogP contribution in [0.1, 0.15) is 32.5 Å². The number of nitrogens with zero attached hydrogens (tertiary/aromatic N) is 2. The van der Waals surface area contributed by atoms with E-state index in [9.17, 15) is 4.79 Å². The first-order chi connectivity index (χ1) is 8.06. The van der Waals surface area contributed by atoms with Gasteiger partial charge >= 0.3 is 0 Å². The molecule has 1 aromatic rings. The van der Waals surface area contributed by atoms with Gasteiger partial charge in [0.2, 0.25) is 5.91 Å². The number of nitrogens with one attached hydrogen (secondary N) is 2. The molecule has 1 heterocycles. The van der Waals surface area contributed by atoms with Crippen LogP contribution in [0.2, 0.25) is 0 Å². The average molecular weight is 238 g/mol. The summed E-state index contributed by atoms with van der Waals surface area (Å²) in [6.45, 7) is 7.89. The number of hydrogen-bond donors (Lipinski definition) is 2. The molecule has 0 spiro atoms. The van der Waals surface area contributed by atoms with Crippen LogP contribution in [0.25, 0.3) is 0 Å². The molecule has 96 valence electrons. The van der Waals surface area contributed by atoms with Crippen molar-refractivity contribution in [3.8, 4) is 0 Å². The van der Waals surface area contributed by atoms with E-state index < -0.39 is 0 Å². The van der Waals surface area contributed by atoms with Crippen LogP contribution in [-0.4, -0.2) is 29.1 Å². The molecule has 5 heteroatoms. The maximum Gasteiger partial charge on any atom is 0.242 e. The van der Waals surface area contributed by atoms with Crippen molar-refractivity contribution in [2.45, 2.75) is 33.4 Å². The monoisotopic (exact) mass is 238 g/mol. The second kappa shape index (κ2) is 6.39. The van der Waals surface area contributed by atoms with Crippen molar-refractivity contribution < 1.29 is 4.79 Å². The quantitative estimate of drug-likeness (QED) is 0.775. The Morgan fingerprint density at radius 3 is 2.76 bits per heavy atom. The fourth-order valence-electron chi connectivity index (χ4n) is 1.64. The predicted octanol–water partition coefficient (Wildman–Crippen LogP) is 0.936. The van der Waals surface area contributed by atoms with Gasteiger partial charge in [-0.2, -0.15) is 0 Å². The number of rotatable bonds is 6. The molecule has 1 rings (SSSR count). The van der Waals surface area contributed by atoms with Crippen LogP contribution in [0.5, 0.6) is 0 Å². The predicted molar refractivity (Wildman–Crippen MR) is 67.5 cm³/mol. The highest BCUT2D eigenvalue weighted by Gasteiger charge is 2.15. The third-order valence-corrected chi connectivity index (χ3v) is 2.65. The summed E-state index contributed by atoms with van der Waals surface area (Å²) in [4.78, 5) is 15.7. The van der Waals surface area contributed by atoms with Crippen LogP contribution in [0, 0.1) is 5.92 Å². The number of aromatic nitrogens is 2. The number of likely N-dealkylation sites (N-methyl/N-ethyl adjacent to an activating group) is 1. The van der Waals surface area contributed by atoms with E-state index in [-0.39, 0.29) is 11.9 Å². The van der Waals surface area contributed by atoms with Gasteiger partial charge in [-0.15, -0.1) is 0 Å². The van der Waals surface area contributed by atoms with Gasteiger partial charge in [-0.3, -0.25) is 4.79 Å². The summed E-state index contributed by atoms with van der Waals surface area (Å²) in [5.41, 5.74) is 1.03. The zero-order chi connectivity index (χ0) is 12.8. The molecule has 1 atom stereocenters. The lowest BCUT2D eigenvalue weighted by Gasteiger charge is -2.15. The smallest absolute Gasteiger partial charge is 0.242 e. The van der Waals surface area contributed by atoms with Crippen LogP contribution < -0.4 is 10.6 Å². The standard InChI is InChI=1S/C12H22N4O/c1-9(2)5-14-6-11-7-15-8-16(11)10(3)12(17)13-4/h7-10,14H,5-6H2,1-4H3,(H,13,17). The van der Waals surface area contributed by atoms with Crippen molar-refractivity contribution in [1.29, 1.82) is 0 Å². The molecular weight excluding hydrogens is 216 g/mol. The summed E-state index contributed by atoms with van der Waals surface area (Å²) in [5.74, 6) is 0.607. The Morgan fingerprint density at radius 2 is 2.18 bits per heavy atom. The maximum absolute atomic E-state index is 11.6. The summed E-state index contributed by atoms with van der Waals surface area (Å²) < 4.78 is 1.90. The van der Waals surface area contributed by atoms with Gasteiger partial charge in [0, 0.05) is 19.8 Å². The molecule has 1 aromatic heterocycles. The molecule has 0 fully saturated rings. The lowest BCUT2D eigenvalue weighted by molar-refractivity contribution is -0.123. The van der Waals surface area contributed by atoms with Crippen molar-refractivity contribution in [2.75, 3.05) is 13.6 Å². The van der Waals surface area contributed by atoms with Crippen molar-refractivity contribution >= 4 is 5.91 Å². The Kier molecular flexibility index (Phi) is 5.15. The third kappa shape index (κ3) is 3.85. The van der Waals surface area contributed by atoms with E-state index in [2.05, 4.69) is 29.5 Å². The second-order valence-electron chi connectivity index (χ2n) is 4.61. The molecule has 1 unspecified atom stereocenters. The molecular formula is C12H22N4O. The van der Waals surface area contributed by atoms with Crippen molar-refractivity contribution in [3.05, 3.63) is 18.2 Å². The van der Waals surface area contributed by atoms with Gasteiger partial charge in [-0.25, -0.2) is 4.98 Å². The fourth-order valence-corrected chi connectivity index (χ4v) is 1.64. The van der Waals surface area contributed by atoms with Crippen LogP contribution in [0.3, 0.4) is 0 Å². The van der Waals surface area contributed by atoms with E-state index in [0.717, 1.165) is 18.8 Å². The number of carbonyl (C=O) groups excluding carboxylic acids is 1. The average Bonchev–Trinajstić information content (AvgIpc) is 2.74. The van der Waals surface area contributed by atoms with Gasteiger partial charge in [0.15, 0.2) is 0 Å². The van der Waals surface area contributed by atoms with E-state index in [4.69, 9.17) is 0 Å². The molecule has 0 radical (unpaired) electrons.